The Morgan fingerprint density at radius 2 is 2.17 bits per heavy atom. The van der Waals surface area contributed by atoms with Crippen LogP contribution in [0.5, 0.6) is 5.75 Å². The molecule has 3 rings (SSSR count). The molecule has 0 spiro atoms. The van der Waals surface area contributed by atoms with Crippen LogP contribution in [0.15, 0.2) is 18.2 Å². The fourth-order valence-corrected chi connectivity index (χ4v) is 3.16. The van der Waals surface area contributed by atoms with E-state index in [1.807, 2.05) is 12.1 Å². The Morgan fingerprint density at radius 1 is 1.33 bits per heavy atom. The second kappa shape index (κ2) is 8.49. The number of benzene rings is 1. The lowest BCUT2D eigenvalue weighted by molar-refractivity contribution is 0.0498. The summed E-state index contributed by atoms with van der Waals surface area (Å²) in [5, 5.41) is 8.78. The van der Waals surface area contributed by atoms with Crippen LogP contribution in [0.1, 0.15) is 38.3 Å². The normalized spacial score (nSPS) is 16.1. The van der Waals surface area contributed by atoms with Crippen LogP contribution in [0.4, 0.5) is 0 Å². The maximum Gasteiger partial charge on any atom is 0.120 e. The number of ether oxygens (including phenoxy) is 2. The third-order valence-electron chi connectivity index (χ3n) is 4.75. The second-order valence-corrected chi connectivity index (χ2v) is 6.84. The van der Waals surface area contributed by atoms with Gasteiger partial charge < -0.3 is 14.4 Å². The van der Waals surface area contributed by atoms with Gasteiger partial charge in [-0.15, -0.1) is 0 Å². The Morgan fingerprint density at radius 3 is 2.96 bits per heavy atom. The van der Waals surface area contributed by atoms with Gasteiger partial charge in [-0.25, -0.2) is 0 Å². The summed E-state index contributed by atoms with van der Waals surface area (Å²) in [5.41, 5.74) is 2.17. The van der Waals surface area contributed by atoms with Crippen molar-refractivity contribution in [2.45, 2.75) is 39.2 Å². The number of aromatic amines is 1. The van der Waals surface area contributed by atoms with Crippen LogP contribution in [0.25, 0.3) is 10.9 Å². The molecule has 1 aliphatic rings. The third kappa shape index (κ3) is 4.48. The first-order valence-electron chi connectivity index (χ1n) is 9.12. The number of nitrogens with one attached hydrogen (secondary N) is 1. The van der Waals surface area contributed by atoms with Gasteiger partial charge in [0.15, 0.2) is 0 Å². The highest BCUT2D eigenvalue weighted by atomic mass is 16.5. The quantitative estimate of drug-likeness (QED) is 0.803. The molecule has 5 heteroatoms. The summed E-state index contributed by atoms with van der Waals surface area (Å²) in [6, 6.07) is 6.19. The van der Waals surface area contributed by atoms with Crippen molar-refractivity contribution in [2.75, 3.05) is 33.4 Å². The standard InChI is InChI=1S/C19H29N3O2/c1-3-4-9-22(2)13-19-17-12-16(5-6-18(17)20-21-19)24-14-15-7-10-23-11-8-15/h5-6,12,15H,3-4,7-11,13-14H2,1-2H3,(H,20,21). The van der Waals surface area contributed by atoms with Gasteiger partial charge in [-0.3, -0.25) is 5.10 Å². The molecule has 2 aromatic rings. The highest BCUT2D eigenvalue weighted by molar-refractivity contribution is 5.82. The minimum absolute atomic E-state index is 0.610. The van der Waals surface area contributed by atoms with Gasteiger partial charge in [0.25, 0.3) is 0 Å². The number of fused-ring (bicyclic) bond motifs is 1. The van der Waals surface area contributed by atoms with Crippen LogP contribution in [0.3, 0.4) is 0 Å². The second-order valence-electron chi connectivity index (χ2n) is 6.84. The molecule has 1 fully saturated rings. The van der Waals surface area contributed by atoms with Gasteiger partial charge in [0.2, 0.25) is 0 Å². The summed E-state index contributed by atoms with van der Waals surface area (Å²) in [5.74, 6) is 1.55. The van der Waals surface area contributed by atoms with Crippen LogP contribution in [-0.4, -0.2) is 48.5 Å². The van der Waals surface area contributed by atoms with Crippen molar-refractivity contribution < 1.29 is 9.47 Å². The smallest absolute Gasteiger partial charge is 0.120 e. The van der Waals surface area contributed by atoms with E-state index in [-0.39, 0.29) is 0 Å². The first-order valence-corrected chi connectivity index (χ1v) is 9.12. The minimum atomic E-state index is 0.610. The molecule has 1 aromatic heterocycles. The molecule has 2 heterocycles. The largest absolute Gasteiger partial charge is 0.493 e. The van der Waals surface area contributed by atoms with E-state index in [2.05, 4.69) is 35.1 Å². The average molecular weight is 331 g/mol. The molecular weight excluding hydrogens is 302 g/mol. The Balaban J connectivity index is 1.64. The van der Waals surface area contributed by atoms with Crippen molar-refractivity contribution in [1.29, 1.82) is 0 Å². The number of rotatable bonds is 8. The minimum Gasteiger partial charge on any atom is -0.493 e. The molecule has 0 atom stereocenters. The molecule has 24 heavy (non-hydrogen) atoms. The van der Waals surface area contributed by atoms with Crippen molar-refractivity contribution in [3.63, 3.8) is 0 Å². The predicted octanol–water partition coefficient (Wildman–Crippen LogP) is 3.60. The Bertz CT molecular complexity index is 635. The Labute approximate surface area is 144 Å². The molecule has 1 saturated heterocycles. The van der Waals surface area contributed by atoms with E-state index in [9.17, 15) is 0 Å². The van der Waals surface area contributed by atoms with Crippen molar-refractivity contribution >= 4 is 10.9 Å². The molecule has 0 bridgehead atoms. The number of nitrogens with zero attached hydrogens (tertiary/aromatic N) is 2. The molecule has 0 saturated carbocycles. The molecule has 1 aromatic carbocycles. The lowest BCUT2D eigenvalue weighted by Crippen LogP contribution is -2.21. The van der Waals surface area contributed by atoms with Crippen molar-refractivity contribution in [3.8, 4) is 5.75 Å². The average Bonchev–Trinajstić information content (AvgIpc) is 3.01. The highest BCUT2D eigenvalue weighted by Gasteiger charge is 2.15. The number of unbranched alkanes of at least 4 members (excludes halogenated alkanes) is 1. The van der Waals surface area contributed by atoms with Crippen LogP contribution >= 0.6 is 0 Å². The van der Waals surface area contributed by atoms with Gasteiger partial charge >= 0.3 is 0 Å². The third-order valence-corrected chi connectivity index (χ3v) is 4.75. The van der Waals surface area contributed by atoms with E-state index in [0.29, 0.717) is 5.92 Å². The molecule has 132 valence electrons. The zero-order chi connectivity index (χ0) is 16.8. The SMILES string of the molecule is CCCCN(C)Cc1[nH]nc2ccc(OCC3CCOCC3)cc12. The van der Waals surface area contributed by atoms with E-state index in [4.69, 9.17) is 9.47 Å². The van der Waals surface area contributed by atoms with Crippen molar-refractivity contribution in [2.24, 2.45) is 5.92 Å². The topological polar surface area (TPSA) is 50.4 Å². The Kier molecular flexibility index (Phi) is 6.10. The molecule has 0 aliphatic carbocycles. The van der Waals surface area contributed by atoms with E-state index in [0.717, 1.165) is 57.0 Å². The molecule has 0 amide bonds. The van der Waals surface area contributed by atoms with Gasteiger partial charge in [-0.05, 0) is 57.0 Å². The maximum atomic E-state index is 6.04. The maximum absolute atomic E-state index is 6.04. The van der Waals surface area contributed by atoms with Crippen LogP contribution < -0.4 is 4.74 Å². The lowest BCUT2D eigenvalue weighted by atomic mass is 10.0. The summed E-state index contributed by atoms with van der Waals surface area (Å²) in [6.07, 6.45) is 4.64. The molecule has 1 N–H and O–H groups in total. The zero-order valence-electron chi connectivity index (χ0n) is 14.9. The fourth-order valence-electron chi connectivity index (χ4n) is 3.16. The predicted molar refractivity (Wildman–Crippen MR) is 96.4 cm³/mol. The molecule has 1 aliphatic heterocycles. The molecule has 5 nitrogen and oxygen atoms in total. The molecule has 0 radical (unpaired) electrons. The number of aromatic nitrogens is 2. The summed E-state index contributed by atoms with van der Waals surface area (Å²) in [4.78, 5) is 2.34. The first-order chi connectivity index (χ1) is 11.8. The van der Waals surface area contributed by atoms with E-state index in [1.54, 1.807) is 0 Å². The highest BCUT2D eigenvalue weighted by Crippen LogP contribution is 2.24. The molecule has 0 unspecified atom stereocenters. The van der Waals surface area contributed by atoms with Crippen LogP contribution in [0, 0.1) is 5.92 Å². The van der Waals surface area contributed by atoms with Crippen molar-refractivity contribution in [3.05, 3.63) is 23.9 Å². The van der Waals surface area contributed by atoms with Crippen molar-refractivity contribution in [1.82, 2.24) is 15.1 Å². The number of hydrogen-bond donors (Lipinski definition) is 1. The van der Waals surface area contributed by atoms with Gasteiger partial charge in [-0.1, -0.05) is 13.3 Å². The fraction of sp³-hybridized carbons (Fsp3) is 0.632. The van der Waals surface area contributed by atoms with Gasteiger partial charge in [0.05, 0.1) is 17.8 Å². The number of H-pyrrole nitrogens is 1. The summed E-state index contributed by atoms with van der Waals surface area (Å²) in [6.45, 7) is 6.73. The summed E-state index contributed by atoms with van der Waals surface area (Å²) < 4.78 is 11.4. The van der Waals surface area contributed by atoms with Crippen LogP contribution in [-0.2, 0) is 11.3 Å². The monoisotopic (exact) mass is 331 g/mol. The number of hydrogen-bond acceptors (Lipinski definition) is 4. The molecular formula is C19H29N3O2. The van der Waals surface area contributed by atoms with E-state index < -0.39 is 0 Å². The van der Waals surface area contributed by atoms with E-state index in [1.165, 1.54) is 23.9 Å². The van der Waals surface area contributed by atoms with E-state index >= 15 is 0 Å². The lowest BCUT2D eigenvalue weighted by Gasteiger charge is -2.22. The van der Waals surface area contributed by atoms with Gasteiger partial charge in [-0.2, -0.15) is 5.10 Å². The van der Waals surface area contributed by atoms with Crippen LogP contribution in [0.2, 0.25) is 0 Å². The van der Waals surface area contributed by atoms with Gasteiger partial charge in [0.1, 0.15) is 5.75 Å². The van der Waals surface area contributed by atoms with Gasteiger partial charge in [0, 0.05) is 25.1 Å². The summed E-state index contributed by atoms with van der Waals surface area (Å²) in [7, 11) is 2.16. The zero-order valence-corrected chi connectivity index (χ0v) is 14.9. The summed E-state index contributed by atoms with van der Waals surface area (Å²) >= 11 is 0. The Hall–Kier alpha value is -1.59. The first kappa shape index (κ1) is 17.2.